The molecule has 1 fully saturated rings. The summed E-state index contributed by atoms with van der Waals surface area (Å²) in [6.45, 7) is 1.98. The van der Waals surface area contributed by atoms with E-state index in [-0.39, 0.29) is 11.8 Å². The third-order valence-corrected chi connectivity index (χ3v) is 4.66. The molecule has 130 valence electrons. The van der Waals surface area contributed by atoms with Crippen molar-refractivity contribution in [1.82, 2.24) is 5.32 Å². The first-order valence-corrected chi connectivity index (χ1v) is 8.91. The molecule has 1 aliphatic rings. The molecular weight excluding hydrogens is 312 g/mol. The van der Waals surface area contributed by atoms with E-state index in [1.807, 2.05) is 19.1 Å². The second kappa shape index (κ2) is 7.97. The van der Waals surface area contributed by atoms with Crippen LogP contribution in [-0.4, -0.2) is 17.9 Å². The van der Waals surface area contributed by atoms with Crippen LogP contribution in [0.25, 0.3) is 0 Å². The predicted octanol–water partition coefficient (Wildman–Crippen LogP) is 4.31. The van der Waals surface area contributed by atoms with Crippen LogP contribution in [0.1, 0.15) is 58.4 Å². The Kier molecular flexibility index (Phi) is 5.49. The fraction of sp³-hybridized carbons (Fsp3) is 0.333. The van der Waals surface area contributed by atoms with E-state index in [1.165, 1.54) is 19.3 Å². The topological polar surface area (TPSA) is 58.2 Å². The summed E-state index contributed by atoms with van der Waals surface area (Å²) in [7, 11) is 0. The number of carbonyl (C=O) groups excluding carboxylic acids is 2. The maximum Gasteiger partial charge on any atom is 0.255 e. The summed E-state index contributed by atoms with van der Waals surface area (Å²) in [5.41, 5.74) is 3.04. The van der Waals surface area contributed by atoms with Gasteiger partial charge in [0, 0.05) is 22.9 Å². The number of rotatable bonds is 4. The Balaban J connectivity index is 1.58. The van der Waals surface area contributed by atoms with Gasteiger partial charge in [-0.2, -0.15) is 0 Å². The minimum Gasteiger partial charge on any atom is -0.349 e. The van der Waals surface area contributed by atoms with Crippen molar-refractivity contribution in [3.63, 3.8) is 0 Å². The largest absolute Gasteiger partial charge is 0.349 e. The van der Waals surface area contributed by atoms with Crippen LogP contribution in [0, 0.1) is 6.92 Å². The van der Waals surface area contributed by atoms with Gasteiger partial charge in [-0.05, 0) is 56.2 Å². The molecule has 2 amide bonds. The molecule has 2 aromatic rings. The van der Waals surface area contributed by atoms with Gasteiger partial charge in [-0.25, -0.2) is 0 Å². The van der Waals surface area contributed by atoms with E-state index in [0.717, 1.165) is 18.4 Å². The highest BCUT2D eigenvalue weighted by Gasteiger charge is 2.16. The molecule has 3 rings (SSSR count). The Morgan fingerprint density at radius 3 is 2.00 bits per heavy atom. The van der Waals surface area contributed by atoms with Crippen molar-refractivity contribution in [2.24, 2.45) is 0 Å². The zero-order valence-corrected chi connectivity index (χ0v) is 14.5. The number of nitrogens with one attached hydrogen (secondary N) is 2. The highest BCUT2D eigenvalue weighted by Crippen LogP contribution is 2.18. The zero-order chi connectivity index (χ0) is 17.6. The molecule has 4 heteroatoms. The van der Waals surface area contributed by atoms with Gasteiger partial charge < -0.3 is 10.6 Å². The lowest BCUT2D eigenvalue weighted by Crippen LogP contribution is -2.36. The first-order chi connectivity index (χ1) is 12.1. The molecule has 2 N–H and O–H groups in total. The first kappa shape index (κ1) is 17.2. The molecule has 0 aliphatic heterocycles. The molecule has 0 aromatic heterocycles. The maximum absolute atomic E-state index is 12.3. The fourth-order valence-corrected chi connectivity index (χ4v) is 3.13. The normalized spacial score (nSPS) is 14.8. The second-order valence-electron chi connectivity index (χ2n) is 6.71. The predicted molar refractivity (Wildman–Crippen MR) is 99.9 cm³/mol. The van der Waals surface area contributed by atoms with Crippen molar-refractivity contribution in [3.05, 3.63) is 65.2 Å². The van der Waals surface area contributed by atoms with Gasteiger partial charge in [0.25, 0.3) is 11.8 Å². The van der Waals surface area contributed by atoms with E-state index in [4.69, 9.17) is 0 Å². The average Bonchev–Trinajstić information content (AvgIpc) is 2.63. The van der Waals surface area contributed by atoms with Crippen LogP contribution in [0.15, 0.2) is 48.5 Å². The molecule has 0 unspecified atom stereocenters. The molecule has 25 heavy (non-hydrogen) atoms. The van der Waals surface area contributed by atoms with Crippen LogP contribution in [0.3, 0.4) is 0 Å². The van der Waals surface area contributed by atoms with Crippen molar-refractivity contribution in [3.8, 4) is 0 Å². The van der Waals surface area contributed by atoms with Gasteiger partial charge >= 0.3 is 0 Å². The number of amides is 2. The quantitative estimate of drug-likeness (QED) is 0.874. The summed E-state index contributed by atoms with van der Waals surface area (Å²) < 4.78 is 0. The Hall–Kier alpha value is -2.62. The van der Waals surface area contributed by atoms with Crippen LogP contribution in [0.2, 0.25) is 0 Å². The van der Waals surface area contributed by atoms with Crippen molar-refractivity contribution in [2.75, 3.05) is 5.32 Å². The van der Waals surface area contributed by atoms with E-state index in [2.05, 4.69) is 10.6 Å². The van der Waals surface area contributed by atoms with Gasteiger partial charge in [0.15, 0.2) is 0 Å². The van der Waals surface area contributed by atoms with Crippen LogP contribution in [0.5, 0.6) is 0 Å². The molecule has 1 saturated carbocycles. The van der Waals surface area contributed by atoms with E-state index < -0.39 is 0 Å². The molecular formula is C21H24N2O2. The number of anilines is 1. The molecule has 0 spiro atoms. The third kappa shape index (κ3) is 4.69. The van der Waals surface area contributed by atoms with E-state index in [0.29, 0.717) is 22.9 Å². The molecule has 0 radical (unpaired) electrons. The number of carbonyl (C=O) groups is 2. The maximum atomic E-state index is 12.3. The lowest BCUT2D eigenvalue weighted by atomic mass is 9.95. The van der Waals surface area contributed by atoms with Gasteiger partial charge in [-0.15, -0.1) is 0 Å². The number of aryl methyl sites for hydroxylation is 1. The van der Waals surface area contributed by atoms with Crippen molar-refractivity contribution in [2.45, 2.75) is 45.1 Å². The van der Waals surface area contributed by atoms with Crippen molar-refractivity contribution < 1.29 is 9.59 Å². The van der Waals surface area contributed by atoms with Crippen LogP contribution < -0.4 is 10.6 Å². The summed E-state index contributed by atoms with van der Waals surface area (Å²) >= 11 is 0. The van der Waals surface area contributed by atoms with Gasteiger partial charge in [-0.1, -0.05) is 37.0 Å². The molecule has 0 heterocycles. The van der Waals surface area contributed by atoms with Gasteiger partial charge in [0.2, 0.25) is 0 Å². The van der Waals surface area contributed by atoms with Gasteiger partial charge in [-0.3, -0.25) is 9.59 Å². The summed E-state index contributed by atoms with van der Waals surface area (Å²) in [5, 5.41) is 5.95. The molecule has 0 bridgehead atoms. The summed E-state index contributed by atoms with van der Waals surface area (Å²) in [6, 6.07) is 14.8. The van der Waals surface area contributed by atoms with Crippen molar-refractivity contribution >= 4 is 17.5 Å². The second-order valence-corrected chi connectivity index (χ2v) is 6.71. The standard InChI is InChI=1S/C21H24N2O2/c1-15-7-9-16(10-8-15)20(24)23-19-13-11-17(12-14-19)21(25)22-18-5-3-2-4-6-18/h7-14,18H,2-6H2,1H3,(H,22,25)(H,23,24). The van der Waals surface area contributed by atoms with Gasteiger partial charge in [0.05, 0.1) is 0 Å². The van der Waals surface area contributed by atoms with Crippen LogP contribution in [0.4, 0.5) is 5.69 Å². The molecule has 1 aliphatic carbocycles. The summed E-state index contributed by atoms with van der Waals surface area (Å²) in [4.78, 5) is 24.5. The van der Waals surface area contributed by atoms with Crippen molar-refractivity contribution in [1.29, 1.82) is 0 Å². The SMILES string of the molecule is Cc1ccc(C(=O)Nc2ccc(C(=O)NC3CCCCC3)cc2)cc1. The summed E-state index contributed by atoms with van der Waals surface area (Å²) in [5.74, 6) is -0.192. The van der Waals surface area contributed by atoms with Crippen LogP contribution in [-0.2, 0) is 0 Å². The zero-order valence-electron chi connectivity index (χ0n) is 14.5. The highest BCUT2D eigenvalue weighted by atomic mass is 16.2. The lowest BCUT2D eigenvalue weighted by molar-refractivity contribution is 0.0927. The highest BCUT2D eigenvalue weighted by molar-refractivity contribution is 6.04. The first-order valence-electron chi connectivity index (χ1n) is 8.91. The fourth-order valence-electron chi connectivity index (χ4n) is 3.13. The minimum absolute atomic E-state index is 0.0386. The van der Waals surface area contributed by atoms with Gasteiger partial charge in [0.1, 0.15) is 0 Å². The lowest BCUT2D eigenvalue weighted by Gasteiger charge is -2.22. The number of benzene rings is 2. The Morgan fingerprint density at radius 1 is 0.800 bits per heavy atom. The monoisotopic (exact) mass is 336 g/mol. The van der Waals surface area contributed by atoms with E-state index in [1.54, 1.807) is 36.4 Å². The van der Waals surface area contributed by atoms with E-state index in [9.17, 15) is 9.59 Å². The number of hydrogen-bond acceptors (Lipinski definition) is 2. The molecule has 0 saturated heterocycles. The number of hydrogen-bond donors (Lipinski definition) is 2. The molecule has 4 nitrogen and oxygen atoms in total. The summed E-state index contributed by atoms with van der Waals surface area (Å²) in [6.07, 6.45) is 5.78. The average molecular weight is 336 g/mol. The van der Waals surface area contributed by atoms with E-state index >= 15 is 0 Å². The minimum atomic E-state index is -0.153. The third-order valence-electron chi connectivity index (χ3n) is 4.66. The Bertz CT molecular complexity index is 729. The molecule has 0 atom stereocenters. The van der Waals surface area contributed by atoms with Crippen LogP contribution >= 0.6 is 0 Å². The molecule has 2 aromatic carbocycles. The smallest absolute Gasteiger partial charge is 0.255 e. The Labute approximate surface area is 148 Å². The Morgan fingerprint density at radius 2 is 1.36 bits per heavy atom.